The van der Waals surface area contributed by atoms with E-state index in [0.29, 0.717) is 5.41 Å². The molecule has 0 saturated heterocycles. The second-order valence-electron chi connectivity index (χ2n) is 3.35. The van der Waals surface area contributed by atoms with Gasteiger partial charge in [-0.3, -0.25) is 0 Å². The van der Waals surface area contributed by atoms with Gasteiger partial charge < -0.3 is 5.73 Å². The van der Waals surface area contributed by atoms with Crippen LogP contribution < -0.4 is 5.73 Å². The van der Waals surface area contributed by atoms with E-state index in [1.807, 2.05) is 6.08 Å². The van der Waals surface area contributed by atoms with Crippen LogP contribution in [0.15, 0.2) is 23.9 Å². The van der Waals surface area contributed by atoms with Crippen molar-refractivity contribution in [3.8, 4) is 0 Å². The Morgan fingerprint density at radius 3 is 2.45 bits per heavy atom. The van der Waals surface area contributed by atoms with Crippen molar-refractivity contribution in [1.82, 2.24) is 0 Å². The average Bonchev–Trinajstić information content (AvgIpc) is 2.04. The van der Waals surface area contributed by atoms with Crippen LogP contribution in [0, 0.1) is 5.41 Å². The van der Waals surface area contributed by atoms with Crippen LogP contribution in [0.2, 0.25) is 0 Å². The summed E-state index contributed by atoms with van der Waals surface area (Å²) in [4.78, 5) is 0. The average molecular weight is 151 g/mol. The molecule has 0 amide bonds. The third-order valence-electron chi connectivity index (χ3n) is 2.72. The van der Waals surface area contributed by atoms with Crippen LogP contribution in [-0.2, 0) is 0 Å². The van der Waals surface area contributed by atoms with Gasteiger partial charge in [-0.05, 0) is 30.8 Å². The summed E-state index contributed by atoms with van der Waals surface area (Å²) in [7, 11) is 0. The molecule has 1 aliphatic rings. The van der Waals surface area contributed by atoms with Gasteiger partial charge in [-0.2, -0.15) is 0 Å². The molecule has 1 rings (SSSR count). The van der Waals surface area contributed by atoms with Gasteiger partial charge in [0.2, 0.25) is 0 Å². The summed E-state index contributed by atoms with van der Waals surface area (Å²) in [6, 6.07) is 0. The van der Waals surface area contributed by atoms with Crippen LogP contribution in [0.25, 0.3) is 0 Å². The second kappa shape index (κ2) is 3.12. The molecule has 0 aliphatic heterocycles. The van der Waals surface area contributed by atoms with Crippen molar-refractivity contribution >= 4 is 0 Å². The van der Waals surface area contributed by atoms with E-state index in [2.05, 4.69) is 26.0 Å². The van der Waals surface area contributed by atoms with E-state index < -0.39 is 0 Å². The maximum absolute atomic E-state index is 5.77. The molecule has 11 heavy (non-hydrogen) atoms. The lowest BCUT2D eigenvalue weighted by Crippen LogP contribution is -2.21. The van der Waals surface area contributed by atoms with Crippen LogP contribution in [0.3, 0.4) is 0 Å². The minimum atomic E-state index is 0.360. The predicted molar refractivity (Wildman–Crippen MR) is 49.0 cm³/mol. The Hall–Kier alpha value is -0.720. The van der Waals surface area contributed by atoms with Gasteiger partial charge in [0.25, 0.3) is 0 Å². The Bertz CT molecular complexity index is 185. The van der Waals surface area contributed by atoms with Gasteiger partial charge in [0.1, 0.15) is 0 Å². The van der Waals surface area contributed by atoms with Crippen molar-refractivity contribution < 1.29 is 0 Å². The summed E-state index contributed by atoms with van der Waals surface area (Å²) in [5.41, 5.74) is 7.16. The van der Waals surface area contributed by atoms with Gasteiger partial charge in [-0.1, -0.05) is 26.0 Å². The van der Waals surface area contributed by atoms with Crippen LogP contribution >= 0.6 is 0 Å². The number of allylic oxidation sites excluding steroid dienone is 4. The summed E-state index contributed by atoms with van der Waals surface area (Å²) in [5.74, 6) is 0. The Morgan fingerprint density at radius 2 is 2.09 bits per heavy atom. The molecule has 1 heteroatoms. The highest BCUT2D eigenvalue weighted by Crippen LogP contribution is 2.36. The number of hydrogen-bond acceptors (Lipinski definition) is 1. The molecular formula is C10H17N. The first kappa shape index (κ1) is 8.38. The molecule has 0 unspecified atom stereocenters. The number of nitrogens with two attached hydrogens (primary N) is 1. The highest BCUT2D eigenvalue weighted by atomic mass is 14.6. The van der Waals surface area contributed by atoms with Crippen LogP contribution in [-0.4, -0.2) is 0 Å². The predicted octanol–water partition coefficient (Wildman–Crippen LogP) is 2.60. The molecule has 0 atom stereocenters. The van der Waals surface area contributed by atoms with Crippen molar-refractivity contribution in [3.63, 3.8) is 0 Å². The Morgan fingerprint density at radius 1 is 1.45 bits per heavy atom. The first-order valence-corrected chi connectivity index (χ1v) is 4.36. The van der Waals surface area contributed by atoms with Crippen LogP contribution in [0.1, 0.15) is 33.1 Å². The third-order valence-corrected chi connectivity index (χ3v) is 2.72. The Balaban J connectivity index is 2.75. The summed E-state index contributed by atoms with van der Waals surface area (Å²) in [6.07, 6.45) is 9.80. The number of rotatable bonds is 2. The summed E-state index contributed by atoms with van der Waals surface area (Å²) in [5, 5.41) is 0. The zero-order valence-corrected chi connectivity index (χ0v) is 7.43. The Labute approximate surface area is 69.0 Å². The lowest BCUT2D eigenvalue weighted by molar-refractivity contribution is 0.344. The smallest absolute Gasteiger partial charge is 0.00890 e. The quantitative estimate of drug-likeness (QED) is 0.645. The topological polar surface area (TPSA) is 26.0 Å². The van der Waals surface area contributed by atoms with E-state index >= 15 is 0 Å². The van der Waals surface area contributed by atoms with Crippen molar-refractivity contribution in [2.45, 2.75) is 33.1 Å². The van der Waals surface area contributed by atoms with Crippen molar-refractivity contribution in [3.05, 3.63) is 23.9 Å². The summed E-state index contributed by atoms with van der Waals surface area (Å²) >= 11 is 0. The van der Waals surface area contributed by atoms with Crippen molar-refractivity contribution in [2.75, 3.05) is 0 Å². The number of hydrogen-bond donors (Lipinski definition) is 1. The minimum absolute atomic E-state index is 0.360. The van der Waals surface area contributed by atoms with E-state index in [1.165, 1.54) is 12.8 Å². The SMILES string of the molecule is CCC1(CC)C=CC=C(N)C1. The third kappa shape index (κ3) is 1.65. The monoisotopic (exact) mass is 151 g/mol. The summed E-state index contributed by atoms with van der Waals surface area (Å²) in [6.45, 7) is 4.46. The lowest BCUT2D eigenvalue weighted by atomic mass is 9.76. The molecule has 0 bridgehead atoms. The summed E-state index contributed by atoms with van der Waals surface area (Å²) < 4.78 is 0. The molecule has 0 aromatic carbocycles. The van der Waals surface area contributed by atoms with Gasteiger partial charge in [0.15, 0.2) is 0 Å². The van der Waals surface area contributed by atoms with E-state index in [1.54, 1.807) is 0 Å². The van der Waals surface area contributed by atoms with Gasteiger partial charge >= 0.3 is 0 Å². The van der Waals surface area contributed by atoms with Crippen molar-refractivity contribution in [1.29, 1.82) is 0 Å². The first-order valence-electron chi connectivity index (χ1n) is 4.36. The van der Waals surface area contributed by atoms with E-state index in [0.717, 1.165) is 12.1 Å². The fourth-order valence-corrected chi connectivity index (χ4v) is 1.64. The molecule has 2 N–H and O–H groups in total. The molecule has 62 valence electrons. The van der Waals surface area contributed by atoms with Crippen LogP contribution in [0.5, 0.6) is 0 Å². The molecular weight excluding hydrogens is 134 g/mol. The van der Waals surface area contributed by atoms with Gasteiger partial charge in [0, 0.05) is 5.70 Å². The normalized spacial score (nSPS) is 21.5. The zero-order valence-electron chi connectivity index (χ0n) is 7.43. The Kier molecular flexibility index (Phi) is 2.38. The maximum Gasteiger partial charge on any atom is 0.00890 e. The zero-order chi connectivity index (χ0) is 8.32. The van der Waals surface area contributed by atoms with Crippen LogP contribution in [0.4, 0.5) is 0 Å². The molecule has 0 saturated carbocycles. The standard InChI is InChI=1S/C10H17N/c1-3-10(4-2)7-5-6-9(11)8-10/h5-7H,3-4,8,11H2,1-2H3. The molecule has 0 fully saturated rings. The lowest BCUT2D eigenvalue weighted by Gasteiger charge is -2.30. The molecule has 0 aromatic heterocycles. The highest BCUT2D eigenvalue weighted by molar-refractivity contribution is 5.21. The minimum Gasteiger partial charge on any atom is -0.402 e. The van der Waals surface area contributed by atoms with Gasteiger partial charge in [-0.15, -0.1) is 0 Å². The largest absolute Gasteiger partial charge is 0.402 e. The molecule has 0 spiro atoms. The first-order chi connectivity index (χ1) is 5.22. The van der Waals surface area contributed by atoms with Gasteiger partial charge in [-0.25, -0.2) is 0 Å². The second-order valence-corrected chi connectivity index (χ2v) is 3.35. The molecule has 1 aliphatic carbocycles. The molecule has 0 aromatic rings. The van der Waals surface area contributed by atoms with E-state index in [-0.39, 0.29) is 0 Å². The van der Waals surface area contributed by atoms with Gasteiger partial charge in [0.05, 0.1) is 0 Å². The van der Waals surface area contributed by atoms with Crippen molar-refractivity contribution in [2.24, 2.45) is 11.1 Å². The fraction of sp³-hybridized carbons (Fsp3) is 0.600. The highest BCUT2D eigenvalue weighted by Gasteiger charge is 2.24. The van der Waals surface area contributed by atoms with E-state index in [4.69, 9.17) is 5.73 Å². The maximum atomic E-state index is 5.77. The molecule has 1 nitrogen and oxygen atoms in total. The fourth-order valence-electron chi connectivity index (χ4n) is 1.64. The van der Waals surface area contributed by atoms with E-state index in [9.17, 15) is 0 Å². The molecule has 0 heterocycles. The molecule has 0 radical (unpaired) electrons.